The van der Waals surface area contributed by atoms with E-state index in [4.69, 9.17) is 23.2 Å². The van der Waals surface area contributed by atoms with Crippen LogP contribution in [0, 0.1) is 0 Å². The van der Waals surface area contributed by atoms with Crippen molar-refractivity contribution in [2.75, 3.05) is 32.0 Å². The second-order valence-electron chi connectivity index (χ2n) is 5.21. The fourth-order valence-corrected chi connectivity index (χ4v) is 3.22. The predicted octanol–water partition coefficient (Wildman–Crippen LogP) is 4.30. The maximum Gasteiger partial charge on any atom is 0.434 e. The Morgan fingerprint density at radius 2 is 1.93 bits per heavy atom. The third-order valence-electron chi connectivity index (χ3n) is 3.21. The summed E-state index contributed by atoms with van der Waals surface area (Å²) in [5.74, 6) is 1.05. The molecule has 0 unspecified atom stereocenters. The highest BCUT2D eigenvalue weighted by atomic mass is 127. The number of anilines is 1. The molecule has 28 heavy (non-hydrogen) atoms. The average Bonchev–Trinajstić information content (AvgIpc) is 3.08. The molecule has 0 atom stereocenters. The van der Waals surface area contributed by atoms with Crippen LogP contribution < -0.4 is 16.0 Å². The van der Waals surface area contributed by atoms with Crippen LogP contribution in [0.25, 0.3) is 0 Å². The van der Waals surface area contributed by atoms with Crippen molar-refractivity contribution in [2.24, 2.45) is 4.99 Å². The van der Waals surface area contributed by atoms with Gasteiger partial charge in [-0.25, -0.2) is 9.97 Å². The third-order valence-corrected chi connectivity index (χ3v) is 4.62. The van der Waals surface area contributed by atoms with E-state index in [0.717, 1.165) is 16.7 Å². The molecule has 0 aliphatic carbocycles. The molecule has 6 nitrogen and oxygen atoms in total. The molecular weight excluding hydrogens is 551 g/mol. The van der Waals surface area contributed by atoms with E-state index in [-0.39, 0.29) is 24.0 Å². The number of guanidine groups is 1. The van der Waals surface area contributed by atoms with E-state index in [0.29, 0.717) is 52.9 Å². The second-order valence-corrected chi connectivity index (χ2v) is 7.00. The molecule has 0 bridgehead atoms. The summed E-state index contributed by atoms with van der Waals surface area (Å²) >= 11 is 12.8. The molecule has 0 fully saturated rings. The summed E-state index contributed by atoms with van der Waals surface area (Å²) in [7, 11) is 1.60. The van der Waals surface area contributed by atoms with Gasteiger partial charge in [-0.1, -0.05) is 23.2 Å². The summed E-state index contributed by atoms with van der Waals surface area (Å²) in [4.78, 5) is 11.7. The van der Waals surface area contributed by atoms with Gasteiger partial charge in [0, 0.05) is 44.7 Å². The largest absolute Gasteiger partial charge is 0.434 e. The fraction of sp³-hybridized carbons (Fsp3) is 0.400. The maximum atomic E-state index is 12.5. The van der Waals surface area contributed by atoms with Crippen LogP contribution in [0.4, 0.5) is 19.0 Å². The highest BCUT2D eigenvalue weighted by Crippen LogP contribution is 2.30. The standard InChI is InChI=1S/C15H17Cl2F3N6S.HI/c1-21-14(23-3-2-12-26-11(8-27-12)15(18,19)20)24-5-4-22-13-10(17)6-9(16)7-25-13;/h6-8H,2-5H2,1H3,(H,22,25)(H2,21,23,24);1H. The molecule has 2 aromatic rings. The van der Waals surface area contributed by atoms with Gasteiger partial charge in [0.25, 0.3) is 0 Å². The number of hydrogen-bond donors (Lipinski definition) is 3. The van der Waals surface area contributed by atoms with Gasteiger partial charge in [0.05, 0.1) is 15.1 Å². The summed E-state index contributed by atoms with van der Waals surface area (Å²) in [6.07, 6.45) is -2.55. The van der Waals surface area contributed by atoms with Crippen LogP contribution in [0.2, 0.25) is 10.0 Å². The topological polar surface area (TPSA) is 74.2 Å². The van der Waals surface area contributed by atoms with E-state index in [9.17, 15) is 13.2 Å². The van der Waals surface area contributed by atoms with Crippen LogP contribution in [-0.4, -0.2) is 42.6 Å². The van der Waals surface area contributed by atoms with E-state index in [1.165, 1.54) is 6.20 Å². The lowest BCUT2D eigenvalue weighted by Crippen LogP contribution is -2.40. The lowest BCUT2D eigenvalue weighted by atomic mass is 10.4. The quantitative estimate of drug-likeness (QED) is 0.201. The number of hydrogen-bond acceptors (Lipinski definition) is 5. The van der Waals surface area contributed by atoms with Crippen molar-refractivity contribution in [1.82, 2.24) is 20.6 Å². The summed E-state index contributed by atoms with van der Waals surface area (Å²) in [5, 5.41) is 11.5. The van der Waals surface area contributed by atoms with Crippen LogP contribution in [-0.2, 0) is 12.6 Å². The SMILES string of the molecule is CN=C(NCCNc1ncc(Cl)cc1Cl)NCCc1nc(C(F)(F)F)cs1.I. The van der Waals surface area contributed by atoms with Gasteiger partial charge in [-0.05, 0) is 6.07 Å². The molecular formula is C15H18Cl2F3IN6S. The molecule has 2 heterocycles. The molecule has 0 saturated heterocycles. The van der Waals surface area contributed by atoms with Gasteiger partial charge < -0.3 is 16.0 Å². The Balaban J connectivity index is 0.00000392. The van der Waals surface area contributed by atoms with E-state index < -0.39 is 11.9 Å². The zero-order valence-electron chi connectivity index (χ0n) is 14.6. The summed E-state index contributed by atoms with van der Waals surface area (Å²) in [5.41, 5.74) is -0.856. The predicted molar refractivity (Wildman–Crippen MR) is 118 cm³/mol. The lowest BCUT2D eigenvalue weighted by Gasteiger charge is -2.12. The first-order chi connectivity index (χ1) is 12.8. The molecule has 13 heteroatoms. The molecule has 2 aromatic heterocycles. The molecule has 156 valence electrons. The number of alkyl halides is 3. The Bertz CT molecular complexity index is 787. The van der Waals surface area contributed by atoms with Gasteiger partial charge in [-0.15, -0.1) is 35.3 Å². The summed E-state index contributed by atoms with van der Waals surface area (Å²) < 4.78 is 37.6. The zero-order valence-corrected chi connectivity index (χ0v) is 19.3. The van der Waals surface area contributed by atoms with Crippen molar-refractivity contribution >= 4 is 70.3 Å². The Labute approximate surface area is 191 Å². The van der Waals surface area contributed by atoms with Crippen molar-refractivity contribution in [3.05, 3.63) is 38.4 Å². The molecule has 0 aliphatic heterocycles. The molecule has 3 N–H and O–H groups in total. The minimum Gasteiger partial charge on any atom is -0.367 e. The Morgan fingerprint density at radius 3 is 2.54 bits per heavy atom. The molecule has 2 rings (SSSR count). The first kappa shape index (κ1) is 25.0. The minimum atomic E-state index is -4.41. The summed E-state index contributed by atoms with van der Waals surface area (Å²) in [6, 6.07) is 1.59. The van der Waals surface area contributed by atoms with E-state index in [2.05, 4.69) is 30.9 Å². The van der Waals surface area contributed by atoms with Gasteiger partial charge in [-0.2, -0.15) is 13.2 Å². The Kier molecular flexibility index (Phi) is 10.6. The number of rotatable bonds is 7. The van der Waals surface area contributed by atoms with Crippen LogP contribution in [0.15, 0.2) is 22.6 Å². The van der Waals surface area contributed by atoms with Gasteiger partial charge in [0.1, 0.15) is 5.82 Å². The molecule has 0 aromatic carbocycles. The highest BCUT2D eigenvalue weighted by Gasteiger charge is 2.33. The van der Waals surface area contributed by atoms with Gasteiger partial charge in [0.2, 0.25) is 0 Å². The summed E-state index contributed by atoms with van der Waals surface area (Å²) in [6.45, 7) is 1.45. The number of nitrogens with one attached hydrogen (secondary N) is 3. The van der Waals surface area contributed by atoms with Gasteiger partial charge in [0.15, 0.2) is 11.7 Å². The first-order valence-corrected chi connectivity index (χ1v) is 9.44. The Hall–Kier alpha value is -1.05. The Morgan fingerprint density at radius 1 is 1.21 bits per heavy atom. The normalized spacial score (nSPS) is 11.7. The lowest BCUT2D eigenvalue weighted by molar-refractivity contribution is -0.140. The minimum absolute atomic E-state index is 0. The molecule has 0 amide bonds. The van der Waals surface area contributed by atoms with Crippen molar-refractivity contribution in [3.8, 4) is 0 Å². The molecule has 0 aliphatic rings. The smallest absolute Gasteiger partial charge is 0.367 e. The monoisotopic (exact) mass is 568 g/mol. The van der Waals surface area contributed by atoms with E-state index >= 15 is 0 Å². The third kappa shape index (κ3) is 8.13. The fourth-order valence-electron chi connectivity index (χ4n) is 1.97. The molecule has 0 saturated carbocycles. The van der Waals surface area contributed by atoms with Crippen molar-refractivity contribution < 1.29 is 13.2 Å². The number of halogens is 6. The van der Waals surface area contributed by atoms with E-state index in [1.807, 2.05) is 0 Å². The van der Waals surface area contributed by atoms with Crippen LogP contribution in [0.1, 0.15) is 10.7 Å². The molecule has 0 radical (unpaired) electrons. The highest BCUT2D eigenvalue weighted by molar-refractivity contribution is 14.0. The van der Waals surface area contributed by atoms with Crippen molar-refractivity contribution in [2.45, 2.75) is 12.6 Å². The van der Waals surface area contributed by atoms with Crippen molar-refractivity contribution in [3.63, 3.8) is 0 Å². The van der Waals surface area contributed by atoms with Gasteiger partial charge >= 0.3 is 6.18 Å². The zero-order chi connectivity index (χ0) is 19.9. The van der Waals surface area contributed by atoms with Crippen LogP contribution in [0.3, 0.4) is 0 Å². The average molecular weight is 569 g/mol. The number of thiazole rings is 1. The van der Waals surface area contributed by atoms with Crippen molar-refractivity contribution in [1.29, 1.82) is 0 Å². The van der Waals surface area contributed by atoms with Crippen LogP contribution >= 0.6 is 58.5 Å². The number of nitrogens with zero attached hydrogens (tertiary/aromatic N) is 3. The van der Waals surface area contributed by atoms with Crippen LogP contribution in [0.5, 0.6) is 0 Å². The van der Waals surface area contributed by atoms with E-state index in [1.54, 1.807) is 13.1 Å². The van der Waals surface area contributed by atoms with Gasteiger partial charge in [-0.3, -0.25) is 4.99 Å². The maximum absolute atomic E-state index is 12.5. The number of pyridine rings is 1. The number of aromatic nitrogens is 2. The molecule has 0 spiro atoms. The number of aliphatic imine (C=N–C) groups is 1. The first-order valence-electron chi connectivity index (χ1n) is 7.80. The second kappa shape index (κ2) is 11.8.